The van der Waals surface area contributed by atoms with Gasteiger partial charge in [0.05, 0.1) is 18.7 Å². The molecule has 1 aliphatic rings. The van der Waals surface area contributed by atoms with E-state index >= 15 is 0 Å². The molecule has 0 bridgehead atoms. The van der Waals surface area contributed by atoms with Crippen molar-refractivity contribution in [1.82, 2.24) is 19.7 Å². The van der Waals surface area contributed by atoms with Crippen LogP contribution in [-0.4, -0.2) is 44.0 Å². The predicted molar refractivity (Wildman–Crippen MR) is 107 cm³/mol. The first-order chi connectivity index (χ1) is 15.3. The summed E-state index contributed by atoms with van der Waals surface area (Å²) in [4.78, 5) is 18.4. The van der Waals surface area contributed by atoms with Crippen molar-refractivity contribution in [2.45, 2.75) is 25.6 Å². The molecule has 0 radical (unpaired) electrons. The summed E-state index contributed by atoms with van der Waals surface area (Å²) in [5.74, 6) is 0.546. The normalized spacial score (nSPS) is 13.5. The lowest BCUT2D eigenvalue weighted by molar-refractivity contribution is -0.138. The number of hydrogen-bond donors (Lipinski definition) is 1. The molecule has 1 aliphatic heterocycles. The van der Waals surface area contributed by atoms with E-state index in [-0.39, 0.29) is 42.6 Å². The molecule has 1 amide bonds. The van der Waals surface area contributed by atoms with E-state index in [0.717, 1.165) is 17.5 Å². The van der Waals surface area contributed by atoms with E-state index in [1.165, 1.54) is 17.0 Å². The molecule has 0 fully saturated rings. The minimum Gasteiger partial charge on any atom is -0.475 e. The van der Waals surface area contributed by atoms with Crippen LogP contribution in [0, 0.1) is 0 Å². The Balaban J connectivity index is 1.66. The van der Waals surface area contributed by atoms with Gasteiger partial charge in [-0.05, 0) is 35.7 Å². The Bertz CT molecular complexity index is 1150. The minimum absolute atomic E-state index is 0.00365. The van der Waals surface area contributed by atoms with E-state index in [9.17, 15) is 18.0 Å². The topological polar surface area (TPSA) is 93.4 Å². The van der Waals surface area contributed by atoms with Gasteiger partial charge in [0.15, 0.2) is 0 Å². The number of aromatic nitrogens is 4. The third-order valence-electron chi connectivity index (χ3n) is 5.18. The van der Waals surface area contributed by atoms with Gasteiger partial charge in [-0.2, -0.15) is 18.2 Å². The average Bonchev–Trinajstić information content (AvgIpc) is 3.32. The number of ether oxygens (including phenoxy) is 1. The van der Waals surface area contributed by atoms with Gasteiger partial charge in [0, 0.05) is 25.1 Å². The number of halogens is 3. The lowest BCUT2D eigenvalue weighted by Gasteiger charge is -2.18. The van der Waals surface area contributed by atoms with Gasteiger partial charge in [-0.25, -0.2) is 0 Å². The van der Waals surface area contributed by atoms with Crippen molar-refractivity contribution in [3.05, 3.63) is 64.7 Å². The highest BCUT2D eigenvalue weighted by molar-refractivity contribution is 6.09. The van der Waals surface area contributed by atoms with E-state index in [2.05, 4.69) is 15.2 Å². The first-order valence-electron chi connectivity index (χ1n) is 9.86. The summed E-state index contributed by atoms with van der Waals surface area (Å²) in [6.07, 6.45) is -1.92. The second-order valence-corrected chi connectivity index (χ2v) is 7.32. The maximum atomic E-state index is 13.4. The van der Waals surface area contributed by atoms with Gasteiger partial charge in [-0.1, -0.05) is 6.07 Å². The predicted octanol–water partition coefficient (Wildman–Crippen LogP) is 2.55. The van der Waals surface area contributed by atoms with Crippen molar-refractivity contribution >= 4 is 11.7 Å². The molecule has 8 nitrogen and oxygen atoms in total. The standard InChI is InChI=1S/C21H20F3N5O3/c1-28-12-25-27-17(28)6-5-13-9-18(26-19(10-13)32-8-7-30)29-11-15-14(20(29)31)3-2-4-16(15)21(22,23)24/h2-4,9-10,12,30H,5-8,11H2,1H3. The van der Waals surface area contributed by atoms with Crippen LogP contribution in [0.2, 0.25) is 0 Å². The Morgan fingerprint density at radius 2 is 2.03 bits per heavy atom. The monoisotopic (exact) mass is 447 g/mol. The maximum absolute atomic E-state index is 13.4. The fourth-order valence-electron chi connectivity index (χ4n) is 3.62. The minimum atomic E-state index is -4.57. The number of aryl methyl sites for hydroxylation is 3. The van der Waals surface area contributed by atoms with Crippen LogP contribution in [0.5, 0.6) is 5.88 Å². The summed E-state index contributed by atoms with van der Waals surface area (Å²) in [5, 5.41) is 16.9. The first kappa shape index (κ1) is 21.8. The van der Waals surface area contributed by atoms with E-state index in [4.69, 9.17) is 9.84 Å². The number of pyridine rings is 1. The molecule has 0 atom stereocenters. The lowest BCUT2D eigenvalue weighted by Crippen LogP contribution is -2.24. The van der Waals surface area contributed by atoms with Crippen LogP contribution >= 0.6 is 0 Å². The molecular weight excluding hydrogens is 427 g/mol. The zero-order valence-electron chi connectivity index (χ0n) is 17.1. The highest BCUT2D eigenvalue weighted by Crippen LogP contribution is 2.38. The highest BCUT2D eigenvalue weighted by atomic mass is 19.4. The van der Waals surface area contributed by atoms with Crippen LogP contribution in [0.25, 0.3) is 0 Å². The number of benzene rings is 1. The number of rotatable bonds is 7. The number of nitrogens with zero attached hydrogens (tertiary/aromatic N) is 5. The van der Waals surface area contributed by atoms with Crippen LogP contribution in [0.15, 0.2) is 36.7 Å². The Morgan fingerprint density at radius 1 is 1.22 bits per heavy atom. The number of alkyl halides is 3. The largest absolute Gasteiger partial charge is 0.475 e. The van der Waals surface area contributed by atoms with Gasteiger partial charge < -0.3 is 14.4 Å². The number of carbonyl (C=O) groups is 1. The molecule has 32 heavy (non-hydrogen) atoms. The number of fused-ring (bicyclic) bond motifs is 1. The fraction of sp³-hybridized carbons (Fsp3) is 0.333. The van der Waals surface area contributed by atoms with Gasteiger partial charge in [0.25, 0.3) is 5.91 Å². The maximum Gasteiger partial charge on any atom is 0.416 e. The molecule has 0 unspecified atom stereocenters. The van der Waals surface area contributed by atoms with Crippen molar-refractivity contribution in [3.8, 4) is 5.88 Å². The zero-order chi connectivity index (χ0) is 22.9. The third kappa shape index (κ3) is 4.28. The van der Waals surface area contributed by atoms with Gasteiger partial charge in [-0.15, -0.1) is 10.2 Å². The second kappa shape index (κ2) is 8.58. The molecule has 11 heteroatoms. The second-order valence-electron chi connectivity index (χ2n) is 7.32. The number of amides is 1. The van der Waals surface area contributed by atoms with Gasteiger partial charge in [0.1, 0.15) is 24.6 Å². The van der Waals surface area contributed by atoms with Crippen LogP contribution < -0.4 is 9.64 Å². The molecular formula is C21H20F3N5O3. The van der Waals surface area contributed by atoms with Crippen LogP contribution in [0.4, 0.5) is 19.0 Å². The van der Waals surface area contributed by atoms with Gasteiger partial charge >= 0.3 is 6.18 Å². The van der Waals surface area contributed by atoms with Crippen molar-refractivity contribution in [1.29, 1.82) is 0 Å². The molecule has 0 spiro atoms. The van der Waals surface area contributed by atoms with Gasteiger partial charge in [-0.3, -0.25) is 9.69 Å². The molecule has 1 aromatic carbocycles. The molecule has 0 saturated carbocycles. The van der Waals surface area contributed by atoms with E-state index in [1.54, 1.807) is 23.0 Å². The zero-order valence-corrected chi connectivity index (χ0v) is 17.1. The molecule has 0 saturated heterocycles. The molecule has 3 heterocycles. The van der Waals surface area contributed by atoms with Crippen molar-refractivity contribution in [2.75, 3.05) is 18.1 Å². The van der Waals surface area contributed by atoms with E-state index in [0.29, 0.717) is 12.8 Å². The molecule has 4 rings (SSSR count). The number of aliphatic hydroxyl groups is 1. The first-order valence-corrected chi connectivity index (χ1v) is 9.86. The smallest absolute Gasteiger partial charge is 0.416 e. The Hall–Kier alpha value is -3.47. The summed E-state index contributed by atoms with van der Waals surface area (Å²) in [7, 11) is 1.82. The van der Waals surface area contributed by atoms with Crippen molar-refractivity contribution < 1.29 is 27.8 Å². The van der Waals surface area contributed by atoms with Crippen LogP contribution in [0.1, 0.15) is 32.9 Å². The van der Waals surface area contributed by atoms with E-state index in [1.807, 2.05) is 7.05 Å². The molecule has 3 aromatic rings. The summed E-state index contributed by atoms with van der Waals surface area (Å²) < 4.78 is 47.5. The van der Waals surface area contributed by atoms with Crippen LogP contribution in [0.3, 0.4) is 0 Å². The quantitative estimate of drug-likeness (QED) is 0.599. The van der Waals surface area contributed by atoms with Crippen molar-refractivity contribution in [3.63, 3.8) is 0 Å². The Labute approximate surface area is 181 Å². The molecule has 0 aliphatic carbocycles. The lowest BCUT2D eigenvalue weighted by atomic mass is 10.0. The number of anilines is 1. The fourth-order valence-corrected chi connectivity index (χ4v) is 3.62. The third-order valence-corrected chi connectivity index (χ3v) is 5.18. The van der Waals surface area contributed by atoms with Gasteiger partial charge in [0.2, 0.25) is 5.88 Å². The number of hydrogen-bond acceptors (Lipinski definition) is 6. The van der Waals surface area contributed by atoms with E-state index < -0.39 is 17.6 Å². The van der Waals surface area contributed by atoms with Crippen molar-refractivity contribution in [2.24, 2.45) is 7.05 Å². The SMILES string of the molecule is Cn1cnnc1CCc1cc(OCCO)nc(N2Cc3c(cccc3C(F)(F)F)C2=O)c1. The summed E-state index contributed by atoms with van der Waals surface area (Å²) in [5.41, 5.74) is -0.148. The Morgan fingerprint density at radius 3 is 2.72 bits per heavy atom. The number of aliphatic hydroxyl groups excluding tert-OH is 1. The molecule has 168 valence electrons. The molecule has 2 aromatic heterocycles. The Kier molecular flexibility index (Phi) is 5.83. The molecule has 1 N–H and O–H groups in total. The highest BCUT2D eigenvalue weighted by Gasteiger charge is 2.40. The average molecular weight is 447 g/mol. The summed E-state index contributed by atoms with van der Waals surface area (Å²) in [6, 6.07) is 6.90. The summed E-state index contributed by atoms with van der Waals surface area (Å²) >= 11 is 0. The number of carbonyl (C=O) groups excluding carboxylic acids is 1. The summed E-state index contributed by atoms with van der Waals surface area (Å²) in [6.45, 7) is -0.488. The van der Waals surface area contributed by atoms with Crippen LogP contribution in [-0.2, 0) is 32.6 Å².